The van der Waals surface area contributed by atoms with E-state index in [1.807, 2.05) is 0 Å². The van der Waals surface area contributed by atoms with Gasteiger partial charge in [-0.2, -0.15) is 0 Å². The molecule has 0 amide bonds. The zero-order chi connectivity index (χ0) is 12.3. The van der Waals surface area contributed by atoms with E-state index in [9.17, 15) is 0 Å². The first kappa shape index (κ1) is 14.9. The maximum atomic E-state index is 8.37. The third-order valence-corrected chi connectivity index (χ3v) is 2.67. The molecule has 2 rings (SSSR count). The molecule has 17 heavy (non-hydrogen) atoms. The van der Waals surface area contributed by atoms with Crippen LogP contribution in [0.5, 0.6) is 0 Å². The van der Waals surface area contributed by atoms with Gasteiger partial charge in [0.05, 0.1) is 26.4 Å². The third kappa shape index (κ3) is 10.7. The average molecular weight is 246 g/mol. The van der Waals surface area contributed by atoms with Gasteiger partial charge in [0.1, 0.15) is 12.2 Å². The summed E-state index contributed by atoms with van der Waals surface area (Å²) in [5.41, 5.74) is 0. The lowest BCUT2D eigenvalue weighted by Gasteiger charge is -1.95. The van der Waals surface area contributed by atoms with Crippen LogP contribution in [0.3, 0.4) is 0 Å². The Morgan fingerprint density at radius 1 is 1.00 bits per heavy atom. The Balaban J connectivity index is 0.000000172. The van der Waals surface area contributed by atoms with Crippen molar-refractivity contribution >= 4 is 0 Å². The molecule has 0 radical (unpaired) electrons. The van der Waals surface area contributed by atoms with Crippen LogP contribution in [0.2, 0.25) is 0 Å². The molecule has 2 atom stereocenters. The minimum absolute atomic E-state index is 0.365. The Morgan fingerprint density at radius 3 is 1.94 bits per heavy atom. The van der Waals surface area contributed by atoms with Gasteiger partial charge in [-0.15, -0.1) is 0 Å². The third-order valence-electron chi connectivity index (χ3n) is 2.67. The summed E-state index contributed by atoms with van der Waals surface area (Å²) < 4.78 is 15.1. The summed E-state index contributed by atoms with van der Waals surface area (Å²) in [7, 11) is 0. The Kier molecular flexibility index (Phi) is 8.61. The first-order valence-corrected chi connectivity index (χ1v) is 6.78. The highest BCUT2D eigenvalue weighted by Gasteiger charge is 2.26. The van der Waals surface area contributed by atoms with Crippen LogP contribution in [0.15, 0.2) is 0 Å². The number of hydrogen-bond donors (Lipinski definition) is 1. The number of hydrogen-bond acceptors (Lipinski definition) is 4. The van der Waals surface area contributed by atoms with E-state index >= 15 is 0 Å². The second-order valence-electron chi connectivity index (χ2n) is 4.59. The number of aliphatic hydroxyl groups excluding tert-OH is 1. The fourth-order valence-electron chi connectivity index (χ4n) is 1.37. The molecule has 102 valence electrons. The fourth-order valence-corrected chi connectivity index (χ4v) is 1.37. The lowest BCUT2D eigenvalue weighted by atomic mass is 10.2. The molecule has 0 bridgehead atoms. The monoisotopic (exact) mass is 246 g/mol. The number of ether oxygens (including phenoxy) is 3. The molecule has 2 unspecified atom stereocenters. The predicted molar refractivity (Wildman–Crippen MR) is 66.1 cm³/mol. The maximum Gasteiger partial charge on any atom is 0.104 e. The lowest BCUT2D eigenvalue weighted by Crippen LogP contribution is -2.06. The molecule has 2 heterocycles. The van der Waals surface area contributed by atoms with Crippen molar-refractivity contribution in [1.82, 2.24) is 0 Å². The van der Waals surface area contributed by atoms with Gasteiger partial charge in [0.2, 0.25) is 0 Å². The van der Waals surface area contributed by atoms with Gasteiger partial charge in [-0.1, -0.05) is 32.6 Å². The molecule has 2 saturated heterocycles. The molecule has 4 nitrogen and oxygen atoms in total. The number of aliphatic hydroxyl groups is 1. The molecule has 0 aliphatic carbocycles. The van der Waals surface area contributed by atoms with Crippen LogP contribution in [-0.2, 0) is 14.2 Å². The van der Waals surface area contributed by atoms with Crippen molar-refractivity contribution in [2.45, 2.75) is 51.2 Å². The average Bonchev–Trinajstić information content (AvgIpc) is 3.19. The van der Waals surface area contributed by atoms with Gasteiger partial charge in [-0.3, -0.25) is 0 Å². The van der Waals surface area contributed by atoms with Crippen LogP contribution in [0.4, 0.5) is 0 Å². The van der Waals surface area contributed by atoms with Crippen LogP contribution in [0, 0.1) is 0 Å². The van der Waals surface area contributed by atoms with E-state index in [1.165, 1.54) is 25.7 Å². The molecule has 0 aromatic heterocycles. The second kappa shape index (κ2) is 9.83. The Bertz CT molecular complexity index is 149. The number of rotatable bonds is 9. The summed E-state index contributed by atoms with van der Waals surface area (Å²) in [4.78, 5) is 0. The van der Waals surface area contributed by atoms with E-state index in [0.717, 1.165) is 32.8 Å². The molecule has 0 aromatic rings. The van der Waals surface area contributed by atoms with E-state index in [2.05, 4.69) is 6.92 Å². The predicted octanol–water partition coefficient (Wildman–Crippen LogP) is 1.75. The largest absolute Gasteiger partial charge is 0.396 e. The van der Waals surface area contributed by atoms with Crippen molar-refractivity contribution in [3.63, 3.8) is 0 Å². The van der Waals surface area contributed by atoms with Crippen molar-refractivity contribution in [3.8, 4) is 0 Å². The first-order chi connectivity index (χ1) is 8.36. The second-order valence-corrected chi connectivity index (χ2v) is 4.59. The minimum atomic E-state index is 0.365. The van der Waals surface area contributed by atoms with Crippen molar-refractivity contribution < 1.29 is 19.3 Å². The Hall–Kier alpha value is -0.160. The fraction of sp³-hybridized carbons (Fsp3) is 1.00. The Labute approximate surface area is 104 Å². The van der Waals surface area contributed by atoms with Gasteiger partial charge in [-0.05, 0) is 6.42 Å². The van der Waals surface area contributed by atoms with Crippen LogP contribution < -0.4 is 0 Å². The minimum Gasteiger partial charge on any atom is -0.396 e. The smallest absolute Gasteiger partial charge is 0.104 e. The van der Waals surface area contributed by atoms with E-state index in [1.54, 1.807) is 0 Å². The van der Waals surface area contributed by atoms with Crippen molar-refractivity contribution in [2.24, 2.45) is 0 Å². The summed E-state index contributed by atoms with van der Waals surface area (Å²) in [5.74, 6) is 0. The molecule has 2 fully saturated rings. The van der Waals surface area contributed by atoms with Crippen LogP contribution in [0.25, 0.3) is 0 Å². The van der Waals surface area contributed by atoms with Gasteiger partial charge in [-0.25, -0.2) is 0 Å². The van der Waals surface area contributed by atoms with Crippen LogP contribution in [0.1, 0.15) is 39.0 Å². The Morgan fingerprint density at radius 2 is 1.53 bits per heavy atom. The summed E-state index contributed by atoms with van der Waals surface area (Å²) in [6.07, 6.45) is 6.86. The van der Waals surface area contributed by atoms with Gasteiger partial charge in [0, 0.05) is 6.61 Å². The molecule has 2 aliphatic heterocycles. The lowest BCUT2D eigenvalue weighted by molar-refractivity contribution is 0.102. The van der Waals surface area contributed by atoms with Crippen molar-refractivity contribution in [1.29, 1.82) is 0 Å². The molecular weight excluding hydrogens is 220 g/mol. The molecule has 2 aliphatic rings. The standard InChI is InChI=1S/C7H16O.C6H10O3/c1-2-3-4-5-6-7-8;1(5-3-8-5)7-2-6-4-9-6/h8H,2-7H2,1H3;5-6H,1-4H2. The molecular formula is C13H26O4. The first-order valence-electron chi connectivity index (χ1n) is 6.78. The van der Waals surface area contributed by atoms with E-state index in [4.69, 9.17) is 19.3 Å². The van der Waals surface area contributed by atoms with Gasteiger partial charge in [0.25, 0.3) is 0 Å². The molecule has 1 N–H and O–H groups in total. The SMILES string of the molecule is C(OCC1CO1)C1CO1.CCCCCCCO. The van der Waals surface area contributed by atoms with Crippen molar-refractivity contribution in [2.75, 3.05) is 33.0 Å². The maximum absolute atomic E-state index is 8.37. The molecule has 0 aromatic carbocycles. The zero-order valence-corrected chi connectivity index (χ0v) is 10.9. The van der Waals surface area contributed by atoms with Crippen molar-refractivity contribution in [3.05, 3.63) is 0 Å². The van der Waals surface area contributed by atoms with Gasteiger partial charge >= 0.3 is 0 Å². The quantitative estimate of drug-likeness (QED) is 0.497. The molecule has 4 heteroatoms. The summed E-state index contributed by atoms with van der Waals surface area (Å²) in [6, 6.07) is 0. The van der Waals surface area contributed by atoms with Crippen LogP contribution >= 0.6 is 0 Å². The molecule has 0 saturated carbocycles. The highest BCUT2D eigenvalue weighted by Crippen LogP contribution is 2.12. The van der Waals surface area contributed by atoms with Crippen LogP contribution in [-0.4, -0.2) is 50.3 Å². The number of epoxide rings is 2. The van der Waals surface area contributed by atoms with E-state index in [-0.39, 0.29) is 0 Å². The van der Waals surface area contributed by atoms with E-state index in [0.29, 0.717) is 18.8 Å². The summed E-state index contributed by atoms with van der Waals surface area (Å²) in [5, 5.41) is 8.37. The summed E-state index contributed by atoms with van der Waals surface area (Å²) >= 11 is 0. The summed E-state index contributed by atoms with van der Waals surface area (Å²) in [6.45, 7) is 5.82. The van der Waals surface area contributed by atoms with E-state index < -0.39 is 0 Å². The van der Waals surface area contributed by atoms with Gasteiger partial charge in [0.15, 0.2) is 0 Å². The van der Waals surface area contributed by atoms with Gasteiger partial charge < -0.3 is 19.3 Å². The topological polar surface area (TPSA) is 54.5 Å². The zero-order valence-electron chi connectivity index (χ0n) is 10.9. The number of unbranched alkanes of at least 4 members (excludes halogenated alkanes) is 4. The normalized spacial score (nSPS) is 25.1. The highest BCUT2D eigenvalue weighted by molar-refractivity contribution is 4.71. The highest BCUT2D eigenvalue weighted by atomic mass is 16.6. The molecule has 0 spiro atoms.